The van der Waals surface area contributed by atoms with E-state index in [-0.39, 0.29) is 30.1 Å². The Balaban J connectivity index is 1.46. The SMILES string of the molecule is C[C@@H](O[C@H]1CN2C(=O)C(C)(Cn3cnnc3)CC2[C@@H]1c1ccc(F)cc1)c1cc(C(F)(F)F)cc(C(F)(F)F)c1. The second-order valence-corrected chi connectivity index (χ2v) is 10.7. The fraction of sp³-hybridized carbons (Fsp3) is 0.444. The highest BCUT2D eigenvalue weighted by Gasteiger charge is 2.57. The van der Waals surface area contributed by atoms with E-state index < -0.39 is 52.8 Å². The average molecular weight is 571 g/mol. The number of aromatic nitrogens is 3. The molecule has 3 aromatic rings. The van der Waals surface area contributed by atoms with Crippen molar-refractivity contribution >= 4 is 5.91 Å². The van der Waals surface area contributed by atoms with Gasteiger partial charge in [0, 0.05) is 25.0 Å². The number of alkyl halides is 6. The van der Waals surface area contributed by atoms with Crippen molar-refractivity contribution in [2.24, 2.45) is 5.41 Å². The number of nitrogens with zero attached hydrogens (tertiary/aromatic N) is 4. The van der Waals surface area contributed by atoms with Gasteiger partial charge in [0.15, 0.2) is 0 Å². The zero-order valence-electron chi connectivity index (χ0n) is 21.4. The minimum atomic E-state index is -5.00. The molecule has 0 bridgehead atoms. The topological polar surface area (TPSA) is 60.2 Å². The predicted molar refractivity (Wildman–Crippen MR) is 127 cm³/mol. The molecule has 214 valence electrons. The van der Waals surface area contributed by atoms with Crippen LogP contribution in [-0.2, 0) is 28.4 Å². The van der Waals surface area contributed by atoms with Gasteiger partial charge in [-0.1, -0.05) is 12.1 Å². The Morgan fingerprint density at radius 3 is 2.12 bits per heavy atom. The molecule has 1 amide bonds. The number of fused-ring (bicyclic) bond motifs is 1. The lowest BCUT2D eigenvalue weighted by molar-refractivity contribution is -0.143. The Morgan fingerprint density at radius 2 is 1.57 bits per heavy atom. The Hall–Kier alpha value is -3.48. The first kappa shape index (κ1) is 28.1. The van der Waals surface area contributed by atoms with Gasteiger partial charge in [0.25, 0.3) is 0 Å². The number of benzene rings is 2. The highest BCUT2D eigenvalue weighted by atomic mass is 19.4. The molecule has 0 radical (unpaired) electrons. The number of ether oxygens (including phenoxy) is 1. The zero-order chi connectivity index (χ0) is 29.0. The molecular formula is C27H25F7N4O2. The highest BCUT2D eigenvalue weighted by molar-refractivity contribution is 5.85. The number of carbonyl (C=O) groups excluding carboxylic acids is 1. The fourth-order valence-corrected chi connectivity index (χ4v) is 5.89. The van der Waals surface area contributed by atoms with E-state index in [4.69, 9.17) is 4.74 Å². The van der Waals surface area contributed by atoms with Crippen molar-refractivity contribution in [1.29, 1.82) is 0 Å². The molecule has 13 heteroatoms. The molecule has 1 aromatic heterocycles. The van der Waals surface area contributed by atoms with Crippen LogP contribution in [0.5, 0.6) is 0 Å². The number of rotatable bonds is 6. The third-order valence-electron chi connectivity index (χ3n) is 7.74. The Labute approximate surface area is 224 Å². The maximum atomic E-state index is 13.7. The lowest BCUT2D eigenvalue weighted by atomic mass is 9.80. The molecule has 2 saturated heterocycles. The van der Waals surface area contributed by atoms with Gasteiger partial charge in [0.1, 0.15) is 18.5 Å². The lowest BCUT2D eigenvalue weighted by Crippen LogP contribution is -2.37. The van der Waals surface area contributed by atoms with Gasteiger partial charge in [0.05, 0.1) is 28.7 Å². The highest BCUT2D eigenvalue weighted by Crippen LogP contribution is 2.50. The molecule has 3 heterocycles. The van der Waals surface area contributed by atoms with Gasteiger partial charge in [-0.15, -0.1) is 10.2 Å². The standard InChI is InChI=1S/C27H25F7N4O2/c1-15(17-7-18(26(29,30)31)9-19(8-17)27(32,33)34)40-22-11-38-21(23(22)16-3-5-20(28)6-4-16)10-25(2,24(38)39)12-37-13-35-36-14-37/h3-9,13-15,21-23H,10-12H2,1-2H3/t15-,21?,22+,23+,25?/m1/s1. The maximum Gasteiger partial charge on any atom is 0.416 e. The van der Waals surface area contributed by atoms with E-state index in [2.05, 4.69) is 10.2 Å². The van der Waals surface area contributed by atoms with E-state index in [0.717, 1.165) is 0 Å². The molecule has 0 aliphatic carbocycles. The molecule has 2 fully saturated rings. The number of halogens is 7. The molecule has 2 aromatic carbocycles. The third-order valence-corrected chi connectivity index (χ3v) is 7.74. The molecule has 5 atom stereocenters. The van der Waals surface area contributed by atoms with Gasteiger partial charge in [-0.25, -0.2) is 4.39 Å². The molecule has 6 nitrogen and oxygen atoms in total. The van der Waals surface area contributed by atoms with Gasteiger partial charge in [-0.05, 0) is 61.7 Å². The molecule has 0 spiro atoms. The van der Waals surface area contributed by atoms with Crippen molar-refractivity contribution in [3.8, 4) is 0 Å². The van der Waals surface area contributed by atoms with Crippen LogP contribution in [0.3, 0.4) is 0 Å². The monoisotopic (exact) mass is 570 g/mol. The largest absolute Gasteiger partial charge is 0.416 e. The summed E-state index contributed by atoms with van der Waals surface area (Å²) in [4.78, 5) is 15.2. The molecule has 2 aliphatic rings. The van der Waals surface area contributed by atoms with Crippen LogP contribution in [-0.4, -0.2) is 44.3 Å². The first-order valence-corrected chi connectivity index (χ1v) is 12.5. The molecule has 2 unspecified atom stereocenters. The summed E-state index contributed by atoms with van der Waals surface area (Å²) in [5.74, 6) is -1.15. The van der Waals surface area contributed by atoms with Crippen molar-refractivity contribution in [2.75, 3.05) is 6.54 Å². The van der Waals surface area contributed by atoms with Crippen LogP contribution in [0.4, 0.5) is 30.7 Å². The van der Waals surface area contributed by atoms with Gasteiger partial charge in [-0.3, -0.25) is 4.79 Å². The van der Waals surface area contributed by atoms with E-state index in [1.165, 1.54) is 31.7 Å². The Morgan fingerprint density at radius 1 is 1.00 bits per heavy atom. The summed E-state index contributed by atoms with van der Waals surface area (Å²) in [5, 5.41) is 7.54. The maximum absolute atomic E-state index is 13.7. The van der Waals surface area contributed by atoms with E-state index in [1.807, 2.05) is 6.92 Å². The molecule has 0 saturated carbocycles. The predicted octanol–water partition coefficient (Wildman–Crippen LogP) is 6.01. The summed E-state index contributed by atoms with van der Waals surface area (Å²) in [6.07, 6.45) is -8.54. The lowest BCUT2D eigenvalue weighted by Gasteiger charge is -2.29. The van der Waals surface area contributed by atoms with Gasteiger partial charge in [0.2, 0.25) is 5.91 Å². The normalized spacial score (nSPS) is 25.9. The zero-order valence-corrected chi connectivity index (χ0v) is 21.4. The van der Waals surface area contributed by atoms with Crippen LogP contribution >= 0.6 is 0 Å². The summed E-state index contributed by atoms with van der Waals surface area (Å²) in [7, 11) is 0. The van der Waals surface area contributed by atoms with Crippen LogP contribution in [0.2, 0.25) is 0 Å². The summed E-state index contributed by atoms with van der Waals surface area (Å²) in [6.45, 7) is 3.57. The van der Waals surface area contributed by atoms with Crippen molar-refractivity contribution in [1.82, 2.24) is 19.7 Å². The van der Waals surface area contributed by atoms with Crippen molar-refractivity contribution in [3.63, 3.8) is 0 Å². The van der Waals surface area contributed by atoms with E-state index in [1.54, 1.807) is 21.6 Å². The van der Waals surface area contributed by atoms with Crippen LogP contribution in [0.15, 0.2) is 55.1 Å². The number of carbonyl (C=O) groups is 1. The van der Waals surface area contributed by atoms with Crippen molar-refractivity contribution < 1.29 is 40.3 Å². The smallest absolute Gasteiger partial charge is 0.368 e. The number of hydrogen-bond donors (Lipinski definition) is 0. The Kier molecular flexibility index (Phi) is 6.92. The average Bonchev–Trinajstić information content (AvgIpc) is 3.55. The summed E-state index contributed by atoms with van der Waals surface area (Å²) >= 11 is 0. The molecule has 40 heavy (non-hydrogen) atoms. The first-order chi connectivity index (χ1) is 18.7. The third kappa shape index (κ3) is 5.30. The van der Waals surface area contributed by atoms with Gasteiger partial charge < -0.3 is 14.2 Å². The van der Waals surface area contributed by atoms with Crippen LogP contribution in [0.25, 0.3) is 0 Å². The molecule has 0 N–H and O–H groups in total. The minimum Gasteiger partial charge on any atom is -0.368 e. The van der Waals surface area contributed by atoms with E-state index in [0.29, 0.717) is 30.7 Å². The Bertz CT molecular complexity index is 1340. The van der Waals surface area contributed by atoms with Crippen LogP contribution < -0.4 is 0 Å². The molecular weight excluding hydrogens is 545 g/mol. The summed E-state index contributed by atoms with van der Waals surface area (Å²) in [6, 6.07) is 6.59. The quantitative estimate of drug-likeness (QED) is 0.341. The first-order valence-electron chi connectivity index (χ1n) is 12.5. The molecule has 2 aliphatic heterocycles. The van der Waals surface area contributed by atoms with Crippen LogP contribution in [0, 0.1) is 11.2 Å². The van der Waals surface area contributed by atoms with Gasteiger partial charge >= 0.3 is 12.4 Å². The second-order valence-electron chi connectivity index (χ2n) is 10.7. The number of amides is 1. The van der Waals surface area contributed by atoms with Crippen LogP contribution in [0.1, 0.15) is 54.5 Å². The van der Waals surface area contributed by atoms with Gasteiger partial charge in [-0.2, -0.15) is 26.3 Å². The second kappa shape index (κ2) is 9.86. The molecule has 5 rings (SSSR count). The van der Waals surface area contributed by atoms with E-state index in [9.17, 15) is 35.5 Å². The van der Waals surface area contributed by atoms with Crippen molar-refractivity contribution in [2.45, 2.75) is 63.3 Å². The minimum absolute atomic E-state index is 0.0680. The summed E-state index contributed by atoms with van der Waals surface area (Å²) in [5.41, 5.74) is -3.34. The van der Waals surface area contributed by atoms with Crippen molar-refractivity contribution in [3.05, 3.63) is 83.2 Å². The number of hydrogen-bond acceptors (Lipinski definition) is 4. The van der Waals surface area contributed by atoms with E-state index >= 15 is 0 Å². The summed E-state index contributed by atoms with van der Waals surface area (Å²) < 4.78 is 102. The fourth-order valence-electron chi connectivity index (χ4n) is 5.89.